The second-order valence-electron chi connectivity index (χ2n) is 7.71. The molecule has 1 aliphatic heterocycles. The van der Waals surface area contributed by atoms with E-state index >= 15 is 0 Å². The summed E-state index contributed by atoms with van der Waals surface area (Å²) < 4.78 is 5.13. The fourth-order valence-corrected chi connectivity index (χ4v) is 4.42. The highest BCUT2D eigenvalue weighted by Crippen LogP contribution is 2.30. The molecule has 1 aliphatic rings. The molecule has 2 N–H and O–H groups in total. The minimum absolute atomic E-state index is 0.0626. The van der Waals surface area contributed by atoms with Crippen molar-refractivity contribution in [2.45, 2.75) is 25.7 Å². The first-order valence-corrected chi connectivity index (χ1v) is 11.2. The topological polar surface area (TPSA) is 96.4 Å². The van der Waals surface area contributed by atoms with Crippen molar-refractivity contribution in [3.63, 3.8) is 0 Å². The summed E-state index contributed by atoms with van der Waals surface area (Å²) in [6.45, 7) is 3.25. The van der Waals surface area contributed by atoms with Gasteiger partial charge in [0.15, 0.2) is 0 Å². The van der Waals surface area contributed by atoms with Gasteiger partial charge in [-0.2, -0.15) is 0 Å². The molecule has 0 bridgehead atoms. The van der Waals surface area contributed by atoms with Crippen LogP contribution in [0.15, 0.2) is 48.5 Å². The Bertz CT molecular complexity index is 1080. The molecule has 3 amide bonds. The Morgan fingerprint density at radius 1 is 1.03 bits per heavy atom. The summed E-state index contributed by atoms with van der Waals surface area (Å²) in [4.78, 5) is 27.1. The maximum absolute atomic E-state index is 12.7. The monoisotopic (exact) mass is 451 g/mol. The fraction of sp³-hybridized carbons (Fsp3) is 0.304. The van der Waals surface area contributed by atoms with E-state index in [2.05, 4.69) is 20.8 Å². The molecule has 0 spiro atoms. The van der Waals surface area contributed by atoms with E-state index in [9.17, 15) is 9.59 Å². The Kier molecular flexibility index (Phi) is 6.65. The largest absolute Gasteiger partial charge is 0.497 e. The third-order valence-electron chi connectivity index (χ3n) is 5.34. The van der Waals surface area contributed by atoms with Gasteiger partial charge in [0.2, 0.25) is 5.01 Å². The van der Waals surface area contributed by atoms with Crippen LogP contribution in [0.1, 0.15) is 39.1 Å². The van der Waals surface area contributed by atoms with Gasteiger partial charge < -0.3 is 20.3 Å². The zero-order valence-corrected chi connectivity index (χ0v) is 18.8. The average molecular weight is 452 g/mol. The summed E-state index contributed by atoms with van der Waals surface area (Å²) in [5.74, 6) is 0.478. The number of ether oxygens (including phenoxy) is 1. The molecule has 0 saturated carbocycles. The number of hydrogen-bond acceptors (Lipinski definition) is 6. The predicted molar refractivity (Wildman–Crippen MR) is 125 cm³/mol. The Morgan fingerprint density at radius 3 is 2.44 bits per heavy atom. The molecular weight excluding hydrogens is 426 g/mol. The van der Waals surface area contributed by atoms with Crippen molar-refractivity contribution >= 4 is 34.6 Å². The van der Waals surface area contributed by atoms with E-state index in [4.69, 9.17) is 4.74 Å². The number of likely N-dealkylation sites (tertiary alicyclic amines) is 1. The van der Waals surface area contributed by atoms with Gasteiger partial charge in [-0.15, -0.1) is 10.2 Å². The number of aromatic nitrogens is 2. The van der Waals surface area contributed by atoms with Crippen LogP contribution in [0.2, 0.25) is 0 Å². The molecule has 1 atom stereocenters. The number of aryl methyl sites for hydroxylation is 1. The van der Waals surface area contributed by atoms with Crippen LogP contribution in [-0.2, 0) is 0 Å². The number of benzene rings is 2. The number of urea groups is 1. The SMILES string of the molecule is COc1ccc(NC(=O)c2nnc(C3CCCN(C(=O)Nc4ccc(C)cc4)C3)s2)cc1. The van der Waals surface area contributed by atoms with E-state index in [1.165, 1.54) is 11.3 Å². The van der Waals surface area contributed by atoms with Crippen molar-refractivity contribution in [1.29, 1.82) is 0 Å². The maximum Gasteiger partial charge on any atom is 0.321 e. The van der Waals surface area contributed by atoms with E-state index in [0.717, 1.165) is 34.8 Å². The molecule has 4 rings (SSSR count). The van der Waals surface area contributed by atoms with Crippen molar-refractivity contribution < 1.29 is 14.3 Å². The van der Waals surface area contributed by atoms with Crippen LogP contribution in [0, 0.1) is 6.92 Å². The van der Waals surface area contributed by atoms with Crippen LogP contribution >= 0.6 is 11.3 Å². The van der Waals surface area contributed by atoms with E-state index in [1.54, 1.807) is 36.3 Å². The second kappa shape index (κ2) is 9.78. The third-order valence-corrected chi connectivity index (χ3v) is 6.43. The summed E-state index contributed by atoms with van der Waals surface area (Å²) in [5.41, 5.74) is 2.57. The molecule has 2 aromatic carbocycles. The molecule has 0 aliphatic carbocycles. The number of carbonyl (C=O) groups excluding carboxylic acids is 2. The van der Waals surface area contributed by atoms with Crippen molar-refractivity contribution in [3.05, 3.63) is 64.1 Å². The lowest BCUT2D eigenvalue weighted by atomic mass is 9.99. The Balaban J connectivity index is 1.36. The number of rotatable bonds is 5. The minimum atomic E-state index is -0.302. The first kappa shape index (κ1) is 21.8. The maximum atomic E-state index is 12.7. The summed E-state index contributed by atoms with van der Waals surface area (Å²) in [6, 6.07) is 14.7. The molecule has 166 valence electrons. The molecule has 32 heavy (non-hydrogen) atoms. The number of anilines is 2. The molecule has 0 radical (unpaired) electrons. The van der Waals surface area contributed by atoms with Crippen molar-refractivity contribution in [2.24, 2.45) is 0 Å². The minimum Gasteiger partial charge on any atom is -0.497 e. The van der Waals surface area contributed by atoms with Crippen molar-refractivity contribution in [1.82, 2.24) is 15.1 Å². The predicted octanol–water partition coefficient (Wildman–Crippen LogP) is 4.52. The number of nitrogens with one attached hydrogen (secondary N) is 2. The molecule has 1 aromatic heterocycles. The number of carbonyl (C=O) groups is 2. The summed E-state index contributed by atoms with van der Waals surface area (Å²) in [7, 11) is 1.59. The Hall–Kier alpha value is -3.46. The fourth-order valence-electron chi connectivity index (χ4n) is 3.55. The molecule has 8 nitrogen and oxygen atoms in total. The summed E-state index contributed by atoms with van der Waals surface area (Å²) in [5, 5.41) is 15.2. The number of nitrogens with zero attached hydrogens (tertiary/aromatic N) is 3. The lowest BCUT2D eigenvalue weighted by Crippen LogP contribution is -2.41. The number of piperidine rings is 1. The van der Waals surface area contributed by atoms with Crippen LogP contribution in [0.3, 0.4) is 0 Å². The third kappa shape index (κ3) is 5.23. The summed E-state index contributed by atoms with van der Waals surface area (Å²) in [6.07, 6.45) is 1.78. The molecular formula is C23H25N5O3S. The molecule has 1 unspecified atom stereocenters. The highest BCUT2D eigenvalue weighted by Gasteiger charge is 2.28. The lowest BCUT2D eigenvalue weighted by Gasteiger charge is -2.31. The molecule has 9 heteroatoms. The number of hydrogen-bond donors (Lipinski definition) is 2. The van der Waals surface area contributed by atoms with Crippen LogP contribution in [0.4, 0.5) is 16.2 Å². The molecule has 1 saturated heterocycles. The zero-order valence-electron chi connectivity index (χ0n) is 18.0. The highest BCUT2D eigenvalue weighted by molar-refractivity contribution is 7.13. The quantitative estimate of drug-likeness (QED) is 0.595. The van der Waals surface area contributed by atoms with Gasteiger partial charge in [-0.1, -0.05) is 29.0 Å². The van der Waals surface area contributed by atoms with E-state index < -0.39 is 0 Å². The van der Waals surface area contributed by atoms with Crippen LogP contribution in [0.5, 0.6) is 5.75 Å². The summed E-state index contributed by atoms with van der Waals surface area (Å²) >= 11 is 1.28. The van der Waals surface area contributed by atoms with Crippen LogP contribution < -0.4 is 15.4 Å². The smallest absolute Gasteiger partial charge is 0.321 e. The first-order valence-electron chi connectivity index (χ1n) is 10.4. The van der Waals surface area contributed by atoms with Crippen LogP contribution in [0.25, 0.3) is 0 Å². The molecule has 1 fully saturated rings. The van der Waals surface area contributed by atoms with Crippen LogP contribution in [-0.4, -0.2) is 47.2 Å². The molecule has 3 aromatic rings. The van der Waals surface area contributed by atoms with Gasteiger partial charge in [0.05, 0.1) is 7.11 Å². The molecule has 2 heterocycles. The van der Waals surface area contributed by atoms with Gasteiger partial charge in [0, 0.05) is 30.4 Å². The van der Waals surface area contributed by atoms with E-state index in [0.29, 0.717) is 23.8 Å². The van der Waals surface area contributed by atoms with Crippen molar-refractivity contribution in [3.8, 4) is 5.75 Å². The van der Waals surface area contributed by atoms with Crippen molar-refractivity contribution in [2.75, 3.05) is 30.8 Å². The standard InChI is InChI=1S/C23H25N5O3S/c1-15-5-7-18(8-6-15)25-23(30)28-13-3-4-16(14-28)21-26-27-22(32-21)20(29)24-17-9-11-19(31-2)12-10-17/h5-12,16H,3-4,13-14H2,1-2H3,(H,24,29)(H,25,30). The normalized spacial score (nSPS) is 15.8. The van der Waals surface area contributed by atoms with Gasteiger partial charge in [-0.3, -0.25) is 4.79 Å². The van der Waals surface area contributed by atoms with Gasteiger partial charge >= 0.3 is 6.03 Å². The van der Waals surface area contributed by atoms with Gasteiger partial charge in [-0.25, -0.2) is 4.79 Å². The van der Waals surface area contributed by atoms with Gasteiger partial charge in [-0.05, 0) is 56.2 Å². The van der Waals surface area contributed by atoms with E-state index in [-0.39, 0.29) is 17.9 Å². The lowest BCUT2D eigenvalue weighted by molar-refractivity contribution is 0.102. The Labute approximate surface area is 190 Å². The average Bonchev–Trinajstić information content (AvgIpc) is 3.32. The number of methoxy groups -OCH3 is 1. The van der Waals surface area contributed by atoms with Gasteiger partial charge in [0.25, 0.3) is 5.91 Å². The van der Waals surface area contributed by atoms with Gasteiger partial charge in [0.1, 0.15) is 10.8 Å². The Morgan fingerprint density at radius 2 is 1.72 bits per heavy atom. The van der Waals surface area contributed by atoms with E-state index in [1.807, 2.05) is 31.2 Å². The highest BCUT2D eigenvalue weighted by atomic mass is 32.1. The second-order valence-corrected chi connectivity index (χ2v) is 8.72. The number of amides is 3. The zero-order chi connectivity index (χ0) is 22.5. The first-order chi connectivity index (χ1) is 15.5.